The smallest absolute Gasteiger partial charge is 0.295 e. The van der Waals surface area contributed by atoms with Crippen LogP contribution < -0.4 is 4.90 Å². The first-order chi connectivity index (χ1) is 16.4. The molecule has 1 aromatic heterocycles. The Balaban J connectivity index is 1.82. The molecule has 1 aliphatic rings. The lowest BCUT2D eigenvalue weighted by Gasteiger charge is -2.26. The maximum Gasteiger partial charge on any atom is 0.295 e. The Hall–Kier alpha value is -4.00. The average molecular weight is 460 g/mol. The molecule has 6 nitrogen and oxygen atoms in total. The first-order valence-corrected chi connectivity index (χ1v) is 11.2. The van der Waals surface area contributed by atoms with Crippen molar-refractivity contribution in [2.75, 3.05) is 18.0 Å². The highest BCUT2D eigenvalue weighted by Gasteiger charge is 2.46. The van der Waals surface area contributed by atoms with E-state index in [0.717, 1.165) is 24.3 Å². The first-order valence-electron chi connectivity index (χ1n) is 11.2. The molecule has 1 saturated heterocycles. The number of halogens is 1. The number of carbonyl (C=O) groups excluding carboxylic acids is 2. The van der Waals surface area contributed by atoms with E-state index < -0.39 is 23.5 Å². The van der Waals surface area contributed by atoms with E-state index in [1.165, 1.54) is 29.2 Å². The van der Waals surface area contributed by atoms with E-state index in [1.807, 2.05) is 24.3 Å². The van der Waals surface area contributed by atoms with Gasteiger partial charge in [0.2, 0.25) is 0 Å². The molecule has 1 unspecified atom stereocenters. The summed E-state index contributed by atoms with van der Waals surface area (Å²) in [7, 11) is 0. The molecule has 2 heterocycles. The topological polar surface area (TPSA) is 73.7 Å². The van der Waals surface area contributed by atoms with Crippen molar-refractivity contribution in [3.8, 4) is 0 Å². The van der Waals surface area contributed by atoms with Crippen LogP contribution in [-0.2, 0) is 16.1 Å². The molecule has 0 spiro atoms. The summed E-state index contributed by atoms with van der Waals surface area (Å²) in [6, 6.07) is 15.6. The molecule has 7 heteroatoms. The van der Waals surface area contributed by atoms with Crippen LogP contribution in [0.1, 0.15) is 36.6 Å². The number of aromatic nitrogens is 1. The fourth-order valence-electron chi connectivity index (χ4n) is 4.29. The van der Waals surface area contributed by atoms with E-state index in [-0.39, 0.29) is 23.4 Å². The molecule has 4 rings (SSSR count). The third-order valence-corrected chi connectivity index (χ3v) is 6.10. The number of amides is 1. The molecule has 1 amide bonds. The molecular formula is C27H26FN3O3. The van der Waals surface area contributed by atoms with Gasteiger partial charge in [-0.05, 0) is 73.5 Å². The number of nitrogens with zero attached hydrogens (tertiary/aromatic N) is 3. The second-order valence-corrected chi connectivity index (χ2v) is 8.05. The zero-order valence-corrected chi connectivity index (χ0v) is 19.1. The van der Waals surface area contributed by atoms with E-state index in [9.17, 15) is 19.1 Å². The van der Waals surface area contributed by atoms with Gasteiger partial charge in [0.05, 0.1) is 11.6 Å². The number of rotatable bonds is 7. The molecule has 1 fully saturated rings. The minimum Gasteiger partial charge on any atom is -0.507 e. The maximum absolute atomic E-state index is 13.4. The van der Waals surface area contributed by atoms with Crippen molar-refractivity contribution in [2.45, 2.75) is 26.4 Å². The summed E-state index contributed by atoms with van der Waals surface area (Å²) in [5, 5.41) is 11.1. The Morgan fingerprint density at radius 3 is 2.18 bits per heavy atom. The van der Waals surface area contributed by atoms with Crippen LogP contribution in [0.5, 0.6) is 0 Å². The van der Waals surface area contributed by atoms with Crippen LogP contribution in [0.4, 0.5) is 10.1 Å². The maximum atomic E-state index is 13.4. The Bertz CT molecular complexity index is 1200. The van der Waals surface area contributed by atoms with Crippen molar-refractivity contribution >= 4 is 23.1 Å². The highest BCUT2D eigenvalue weighted by molar-refractivity contribution is 6.46. The molecule has 0 aliphatic carbocycles. The highest BCUT2D eigenvalue weighted by atomic mass is 19.1. The largest absolute Gasteiger partial charge is 0.507 e. The molecule has 0 radical (unpaired) electrons. The summed E-state index contributed by atoms with van der Waals surface area (Å²) in [5.74, 6) is -2.25. The van der Waals surface area contributed by atoms with Crippen LogP contribution in [-0.4, -0.2) is 39.8 Å². The molecule has 174 valence electrons. The Labute approximate surface area is 198 Å². The minimum atomic E-state index is -0.788. The van der Waals surface area contributed by atoms with Crippen molar-refractivity contribution in [1.29, 1.82) is 0 Å². The second-order valence-electron chi connectivity index (χ2n) is 8.05. The summed E-state index contributed by atoms with van der Waals surface area (Å²) < 4.78 is 13.4. The molecule has 1 N–H and O–H groups in total. The minimum absolute atomic E-state index is 0.0127. The van der Waals surface area contributed by atoms with Crippen molar-refractivity contribution in [3.63, 3.8) is 0 Å². The number of pyridine rings is 1. The first kappa shape index (κ1) is 23.2. The molecule has 34 heavy (non-hydrogen) atoms. The van der Waals surface area contributed by atoms with Gasteiger partial charge < -0.3 is 14.9 Å². The Kier molecular flexibility index (Phi) is 6.72. The summed E-state index contributed by atoms with van der Waals surface area (Å²) in [5.41, 5.74) is 2.80. The standard InChI is InChI=1S/C27H26FN3O3/c1-3-30(4-2)22-11-7-19(8-12-22)24-23(25(32)20-5-9-21(28)10-6-20)26(33)27(34)31(24)17-18-13-15-29-16-14-18/h5-16,24,32H,3-4,17H2,1-2H3/b25-23-. The van der Waals surface area contributed by atoms with E-state index in [2.05, 4.69) is 23.7 Å². The molecular weight excluding hydrogens is 433 g/mol. The lowest BCUT2D eigenvalue weighted by molar-refractivity contribution is -0.140. The third-order valence-electron chi connectivity index (χ3n) is 6.10. The quantitative estimate of drug-likeness (QED) is 0.315. The molecule has 1 aliphatic heterocycles. The fourth-order valence-corrected chi connectivity index (χ4v) is 4.29. The number of hydrogen-bond acceptors (Lipinski definition) is 5. The van der Waals surface area contributed by atoms with Gasteiger partial charge in [-0.15, -0.1) is 0 Å². The van der Waals surface area contributed by atoms with Crippen LogP contribution in [0.2, 0.25) is 0 Å². The van der Waals surface area contributed by atoms with Gasteiger partial charge in [0.15, 0.2) is 0 Å². The SMILES string of the molecule is CCN(CC)c1ccc(C2/C(=C(/O)c3ccc(F)cc3)C(=O)C(=O)N2Cc2ccncc2)cc1. The summed E-state index contributed by atoms with van der Waals surface area (Å²) in [4.78, 5) is 33.9. The monoisotopic (exact) mass is 459 g/mol. The molecule has 1 atom stereocenters. The Morgan fingerprint density at radius 2 is 1.59 bits per heavy atom. The van der Waals surface area contributed by atoms with Crippen molar-refractivity contribution in [3.05, 3.63) is 101 Å². The zero-order valence-electron chi connectivity index (χ0n) is 19.1. The summed E-state index contributed by atoms with van der Waals surface area (Å²) in [6.45, 7) is 6.02. The second kappa shape index (κ2) is 9.87. The third kappa shape index (κ3) is 4.41. The normalized spacial score (nSPS) is 17.3. The summed E-state index contributed by atoms with van der Waals surface area (Å²) in [6.07, 6.45) is 3.25. The molecule has 0 bridgehead atoms. The predicted molar refractivity (Wildman–Crippen MR) is 128 cm³/mol. The molecule has 3 aromatic rings. The zero-order chi connectivity index (χ0) is 24.2. The van der Waals surface area contributed by atoms with Crippen LogP contribution in [0.3, 0.4) is 0 Å². The van der Waals surface area contributed by atoms with E-state index in [4.69, 9.17) is 0 Å². The number of anilines is 1. The van der Waals surface area contributed by atoms with Crippen molar-refractivity contribution in [2.24, 2.45) is 0 Å². The number of ketones is 1. The van der Waals surface area contributed by atoms with Gasteiger partial charge in [0.25, 0.3) is 11.7 Å². The van der Waals surface area contributed by atoms with Gasteiger partial charge >= 0.3 is 0 Å². The lowest BCUT2D eigenvalue weighted by Crippen LogP contribution is -2.29. The molecule has 0 saturated carbocycles. The van der Waals surface area contributed by atoms with Crippen molar-refractivity contribution < 1.29 is 19.1 Å². The van der Waals surface area contributed by atoms with Crippen LogP contribution in [0, 0.1) is 5.82 Å². The van der Waals surface area contributed by atoms with Gasteiger partial charge in [0.1, 0.15) is 11.6 Å². The summed E-state index contributed by atoms with van der Waals surface area (Å²) >= 11 is 0. The van der Waals surface area contributed by atoms with E-state index in [0.29, 0.717) is 5.56 Å². The Morgan fingerprint density at radius 1 is 0.971 bits per heavy atom. The van der Waals surface area contributed by atoms with Gasteiger partial charge in [-0.1, -0.05) is 12.1 Å². The molecule has 2 aromatic carbocycles. The number of Topliss-reactive ketones (excluding diaryl/α,β-unsaturated/α-hetero) is 1. The number of aliphatic hydroxyl groups excluding tert-OH is 1. The number of aliphatic hydroxyl groups is 1. The van der Waals surface area contributed by atoms with E-state index >= 15 is 0 Å². The van der Waals surface area contributed by atoms with Gasteiger partial charge in [0, 0.05) is 43.3 Å². The average Bonchev–Trinajstić information content (AvgIpc) is 3.11. The van der Waals surface area contributed by atoms with Gasteiger partial charge in [-0.3, -0.25) is 14.6 Å². The van der Waals surface area contributed by atoms with Gasteiger partial charge in [-0.2, -0.15) is 0 Å². The predicted octanol–water partition coefficient (Wildman–Crippen LogP) is 4.69. The van der Waals surface area contributed by atoms with E-state index in [1.54, 1.807) is 24.5 Å². The number of likely N-dealkylation sites (tertiary alicyclic amines) is 1. The number of hydrogen-bond donors (Lipinski definition) is 1. The van der Waals surface area contributed by atoms with Crippen LogP contribution in [0.25, 0.3) is 5.76 Å². The van der Waals surface area contributed by atoms with Crippen LogP contribution in [0.15, 0.2) is 78.6 Å². The number of carbonyl (C=O) groups is 2. The van der Waals surface area contributed by atoms with Crippen molar-refractivity contribution in [1.82, 2.24) is 9.88 Å². The van der Waals surface area contributed by atoms with Gasteiger partial charge in [-0.25, -0.2) is 4.39 Å². The lowest BCUT2D eigenvalue weighted by atomic mass is 9.95. The highest BCUT2D eigenvalue weighted by Crippen LogP contribution is 2.40. The van der Waals surface area contributed by atoms with Crippen LogP contribution >= 0.6 is 0 Å². The fraction of sp³-hybridized carbons (Fsp3) is 0.222. The number of benzene rings is 2.